The normalized spacial score (nSPS) is 14.0. The van der Waals surface area contributed by atoms with Crippen molar-refractivity contribution in [2.45, 2.75) is 387 Å². The van der Waals surface area contributed by atoms with E-state index in [0.717, 1.165) is 161 Å². The molecule has 0 aromatic rings. The van der Waals surface area contributed by atoms with Crippen LogP contribution in [0.1, 0.15) is 365 Å². The minimum absolute atomic E-state index is 0. The van der Waals surface area contributed by atoms with Gasteiger partial charge in [0.1, 0.15) is 24.1 Å². The van der Waals surface area contributed by atoms with Gasteiger partial charge in [0.2, 0.25) is 23.6 Å². The summed E-state index contributed by atoms with van der Waals surface area (Å²) < 4.78 is 64.9. The van der Waals surface area contributed by atoms with Gasteiger partial charge in [-0.05, 0) is 102 Å². The fraction of sp³-hybridized carbons (Fsp3) is 0.866. The maximum Gasteiger partial charge on any atom is 1.00 e. The molecule has 0 aromatic heterocycles. The SMILES string of the molecule is CCCCCC/C=C\CCCC(=O)C[C@H](CCCCCCC)CCOCC(COP(=O)(O)OCCNC(=O)CC(=O)NCCOP(=O)(O)OCC(COCC[C@H](O)CCCCCCC)NC(=O)C[C@@H](CCCCCCC)OC(=O)CCC/C=C/CCCCCC)NC(=O)CC(=O)CCCCCCCCCCC.[H-].[H-].[Na+].[Na+]. The Kier molecular flexibility index (Phi) is 81.9. The number of amides is 4. The van der Waals surface area contributed by atoms with Crippen molar-refractivity contribution in [2.75, 3.05) is 65.9 Å². The molecule has 7 atom stereocenters. The Morgan fingerprint density at radius 3 is 1.24 bits per heavy atom. The fourth-order valence-corrected chi connectivity index (χ4v) is 13.8. The van der Waals surface area contributed by atoms with Gasteiger partial charge in [0.15, 0.2) is 0 Å². The fourth-order valence-electron chi connectivity index (χ4n) is 12.3. The molecule has 630 valence electrons. The summed E-state index contributed by atoms with van der Waals surface area (Å²) in [6.07, 6.45) is 50.6. The van der Waals surface area contributed by atoms with E-state index in [2.05, 4.69) is 87.1 Å². The predicted molar refractivity (Wildman–Crippen MR) is 430 cm³/mol. The molecule has 0 radical (unpaired) electrons. The number of esters is 1. The first kappa shape index (κ1) is 111. The molecule has 0 aliphatic carbocycles. The smallest absolute Gasteiger partial charge is 1.00 e. The number of aliphatic hydroxyl groups excluding tert-OH is 1. The van der Waals surface area contributed by atoms with Gasteiger partial charge in [-0.1, -0.05) is 246 Å². The van der Waals surface area contributed by atoms with E-state index in [4.69, 9.17) is 32.3 Å². The quantitative estimate of drug-likeness (QED) is 0.00743. The van der Waals surface area contributed by atoms with Gasteiger partial charge in [-0.15, -0.1) is 0 Å². The van der Waals surface area contributed by atoms with Gasteiger partial charge >= 0.3 is 80.7 Å². The van der Waals surface area contributed by atoms with Crippen LogP contribution in [0, 0.1) is 5.92 Å². The molecule has 0 aliphatic rings. The van der Waals surface area contributed by atoms with Crippen molar-refractivity contribution in [3.8, 4) is 0 Å². The van der Waals surface area contributed by atoms with Crippen molar-refractivity contribution in [3.05, 3.63) is 24.3 Å². The molecule has 0 saturated heterocycles. The van der Waals surface area contributed by atoms with Crippen LogP contribution >= 0.6 is 15.6 Å². The summed E-state index contributed by atoms with van der Waals surface area (Å²) in [7, 11) is -9.61. The number of ether oxygens (including phenoxy) is 3. The zero-order valence-corrected chi connectivity index (χ0v) is 75.7. The molecule has 27 heteroatoms. The van der Waals surface area contributed by atoms with E-state index < -0.39 is 96.4 Å². The Labute approximate surface area is 707 Å². The number of phosphoric ester groups is 2. The molecule has 0 aromatic carbocycles. The van der Waals surface area contributed by atoms with Crippen LogP contribution in [0.5, 0.6) is 0 Å². The number of Topliss-reactive ketones (excluding diaryl/α,β-unsaturated/α-hetero) is 2. The van der Waals surface area contributed by atoms with E-state index in [-0.39, 0.29) is 151 Å². The van der Waals surface area contributed by atoms with Crippen LogP contribution in [-0.2, 0) is 75.0 Å². The third-order valence-electron chi connectivity index (χ3n) is 18.7. The minimum atomic E-state index is -4.81. The van der Waals surface area contributed by atoms with Crippen LogP contribution in [0.15, 0.2) is 24.3 Å². The number of hydrogen-bond acceptors (Lipinski definition) is 17. The molecule has 0 fully saturated rings. The van der Waals surface area contributed by atoms with E-state index in [1.807, 2.05) is 0 Å². The van der Waals surface area contributed by atoms with Gasteiger partial charge in [-0.3, -0.25) is 51.7 Å². The average Bonchev–Trinajstić information content (AvgIpc) is 0.908. The third kappa shape index (κ3) is 77.3. The molecule has 7 N–H and O–H groups in total. The van der Waals surface area contributed by atoms with Crippen LogP contribution < -0.4 is 80.4 Å². The van der Waals surface area contributed by atoms with Gasteiger partial charge in [-0.25, -0.2) is 9.13 Å². The van der Waals surface area contributed by atoms with Gasteiger partial charge in [0, 0.05) is 52.0 Å². The molecular weight excluding hydrogens is 1450 g/mol. The Morgan fingerprint density at radius 1 is 0.376 bits per heavy atom. The molecule has 23 nitrogen and oxygen atoms in total. The predicted octanol–water partition coefficient (Wildman–Crippen LogP) is 12.5. The third-order valence-corrected chi connectivity index (χ3v) is 20.6. The second-order valence-corrected chi connectivity index (χ2v) is 32.1. The van der Waals surface area contributed by atoms with Crippen LogP contribution in [0.2, 0.25) is 0 Å². The number of allylic oxidation sites excluding steroid dienone is 4. The zero-order valence-electron chi connectivity index (χ0n) is 71.9. The molecule has 0 saturated carbocycles. The van der Waals surface area contributed by atoms with Crippen LogP contribution in [0.4, 0.5) is 0 Å². The summed E-state index contributed by atoms with van der Waals surface area (Å²) in [5.41, 5.74) is 0. The summed E-state index contributed by atoms with van der Waals surface area (Å²) >= 11 is 0. The molecular formula is C82H156N4Na2O19P2. The van der Waals surface area contributed by atoms with Crippen molar-refractivity contribution >= 4 is 56.8 Å². The number of rotatable bonds is 81. The van der Waals surface area contributed by atoms with E-state index >= 15 is 0 Å². The molecule has 4 amide bonds. The Hall–Kier alpha value is -1.73. The van der Waals surface area contributed by atoms with E-state index in [1.165, 1.54) is 77.0 Å². The van der Waals surface area contributed by atoms with Crippen molar-refractivity contribution in [3.63, 3.8) is 0 Å². The van der Waals surface area contributed by atoms with Gasteiger partial charge in [-0.2, -0.15) is 0 Å². The van der Waals surface area contributed by atoms with Crippen LogP contribution in [0.25, 0.3) is 0 Å². The Morgan fingerprint density at radius 2 is 0.761 bits per heavy atom. The van der Waals surface area contributed by atoms with Gasteiger partial charge < -0.3 is 53.2 Å². The molecule has 0 heterocycles. The first-order valence-corrected chi connectivity index (χ1v) is 45.4. The first-order chi connectivity index (χ1) is 51.7. The van der Waals surface area contributed by atoms with E-state index in [1.54, 1.807) is 0 Å². The standard InChI is InChI=1S/C82H154N4O19P2.2Na.2H/c1-7-13-19-25-28-31-34-40-45-51-75(88)63-71(49-43-37-22-16-10-4)55-59-99-67-72(85-80(92)64-76(89)52-46-41-35-32-29-26-20-14-8-2)69-103-106(95,96)101-61-57-83-78(90)66-79(91)84-58-62-102-107(97,98)104-70-73(68-100-60-56-74(87)50-44-38-23-17-11-5)86-81(93)65-77(53-47-39-24-18-12-6)105-82(94)54-48-42-36-33-30-27-21-15-9-3;;;;/h31,33-34,36,71-74,77,87H,7-30,32,35,37-70H2,1-6H3,(H,83,90)(H,84,91)(H,85,92)(H,86,93)(H,95,96)(H,97,98);;;;/q;2*+1;2*-1/b34-31-,36-33+;;;;/t71-,72?,73?,74-,77-;;;;/m1..../s1. The second kappa shape index (κ2) is 80.1. The topological polar surface area (TPSA) is 327 Å². The number of hydrogen-bond donors (Lipinski definition) is 7. The van der Waals surface area contributed by atoms with Crippen LogP contribution in [-0.4, -0.2) is 146 Å². The van der Waals surface area contributed by atoms with Crippen LogP contribution in [0.3, 0.4) is 0 Å². The number of nitrogens with one attached hydrogen (secondary N) is 4. The van der Waals surface area contributed by atoms with Crippen molar-refractivity contribution in [2.24, 2.45) is 5.92 Å². The Balaban J connectivity index is -0.00000936. The first-order valence-electron chi connectivity index (χ1n) is 42.4. The number of aliphatic hydroxyl groups is 1. The number of carbonyl (C=O) groups is 7. The number of phosphoric acid groups is 2. The summed E-state index contributed by atoms with van der Waals surface area (Å²) in [5, 5.41) is 21.0. The summed E-state index contributed by atoms with van der Waals surface area (Å²) in [4.78, 5) is 113. The molecule has 0 rings (SSSR count). The summed E-state index contributed by atoms with van der Waals surface area (Å²) in [5.74, 6) is -2.90. The number of ketones is 2. The van der Waals surface area contributed by atoms with E-state index in [9.17, 15) is 57.6 Å². The van der Waals surface area contributed by atoms with Gasteiger partial charge in [0.05, 0.1) is 70.7 Å². The van der Waals surface area contributed by atoms with E-state index in [0.29, 0.717) is 51.4 Å². The van der Waals surface area contributed by atoms with Gasteiger partial charge in [0.25, 0.3) is 0 Å². The number of carbonyl (C=O) groups excluding carboxylic acids is 7. The minimum Gasteiger partial charge on any atom is -1.00 e. The maximum atomic E-state index is 13.7. The summed E-state index contributed by atoms with van der Waals surface area (Å²) in [6, 6.07) is -1.92. The molecule has 0 bridgehead atoms. The van der Waals surface area contributed by atoms with Crippen molar-refractivity contribution in [1.82, 2.24) is 21.3 Å². The maximum absolute atomic E-state index is 13.7. The molecule has 4 unspecified atom stereocenters. The monoisotopic (exact) mass is 1610 g/mol. The zero-order chi connectivity index (χ0) is 79.0. The Bertz CT molecular complexity index is 2400. The molecule has 0 spiro atoms. The second-order valence-electron chi connectivity index (χ2n) is 29.2. The average molecular weight is 1610 g/mol. The van der Waals surface area contributed by atoms with Crippen molar-refractivity contribution in [1.29, 1.82) is 0 Å². The number of unbranched alkanes of at least 4 members (excludes halogenated alkanes) is 30. The summed E-state index contributed by atoms with van der Waals surface area (Å²) in [6.45, 7) is 10.4. The largest absolute Gasteiger partial charge is 1.00 e. The molecule has 0 aliphatic heterocycles. The van der Waals surface area contributed by atoms with Crippen molar-refractivity contribution < 1.29 is 152 Å². The molecule has 109 heavy (non-hydrogen) atoms.